The first-order valence-corrected chi connectivity index (χ1v) is 6.93. The summed E-state index contributed by atoms with van der Waals surface area (Å²) in [6, 6.07) is 7.77. The lowest BCUT2D eigenvalue weighted by molar-refractivity contribution is -0.115. The number of carbonyl (C=O) groups is 1. The van der Waals surface area contributed by atoms with Crippen LogP contribution in [0.5, 0.6) is 5.75 Å². The van der Waals surface area contributed by atoms with Crippen LogP contribution in [0.25, 0.3) is 0 Å². The van der Waals surface area contributed by atoms with Gasteiger partial charge in [0.05, 0.1) is 35.9 Å². The third kappa shape index (κ3) is 2.69. The number of hydrogen-bond donors (Lipinski definition) is 2. The maximum Gasteiger partial charge on any atom is 0.243 e. The van der Waals surface area contributed by atoms with Crippen molar-refractivity contribution in [2.24, 2.45) is 0 Å². The summed E-state index contributed by atoms with van der Waals surface area (Å²) >= 11 is 0. The van der Waals surface area contributed by atoms with Gasteiger partial charge < -0.3 is 15.0 Å². The average Bonchev–Trinajstić information content (AvgIpc) is 2.79. The normalized spacial score (nSPS) is 13.5. The van der Waals surface area contributed by atoms with Crippen LogP contribution >= 0.6 is 0 Å². The number of para-hydroxylation sites is 2. The molecule has 1 amide bonds. The Morgan fingerprint density at radius 3 is 3.00 bits per heavy atom. The highest BCUT2D eigenvalue weighted by molar-refractivity contribution is 5.95. The summed E-state index contributed by atoms with van der Waals surface area (Å²) in [5.41, 5.74) is 3.38. The van der Waals surface area contributed by atoms with Crippen LogP contribution in [0.2, 0.25) is 0 Å². The molecule has 2 aromatic rings. The lowest BCUT2D eigenvalue weighted by atomic mass is 10.2. The van der Waals surface area contributed by atoms with E-state index >= 15 is 0 Å². The van der Waals surface area contributed by atoms with E-state index in [1.807, 2.05) is 43.0 Å². The Balaban J connectivity index is 1.72. The molecular formula is C15H18N4O2. The van der Waals surface area contributed by atoms with E-state index in [4.69, 9.17) is 4.74 Å². The van der Waals surface area contributed by atoms with Crippen LogP contribution in [-0.2, 0) is 4.79 Å². The summed E-state index contributed by atoms with van der Waals surface area (Å²) in [5, 5.41) is 9.86. The fourth-order valence-corrected chi connectivity index (χ4v) is 2.48. The molecule has 2 heterocycles. The molecule has 0 atom stereocenters. The van der Waals surface area contributed by atoms with Gasteiger partial charge in [0, 0.05) is 0 Å². The van der Waals surface area contributed by atoms with E-state index in [2.05, 4.69) is 15.5 Å². The van der Waals surface area contributed by atoms with E-state index < -0.39 is 0 Å². The number of anilines is 2. The zero-order valence-electron chi connectivity index (χ0n) is 12.1. The smallest absolute Gasteiger partial charge is 0.243 e. The number of hydrogen-bond acceptors (Lipinski definition) is 4. The number of benzene rings is 1. The monoisotopic (exact) mass is 286 g/mol. The number of aromatic amines is 1. The Kier molecular flexibility index (Phi) is 3.51. The van der Waals surface area contributed by atoms with Crippen LogP contribution in [0.15, 0.2) is 24.3 Å². The molecule has 0 bridgehead atoms. The van der Waals surface area contributed by atoms with Crippen molar-refractivity contribution in [1.82, 2.24) is 10.2 Å². The molecule has 110 valence electrons. The molecule has 0 aliphatic carbocycles. The van der Waals surface area contributed by atoms with Crippen molar-refractivity contribution in [3.05, 3.63) is 35.7 Å². The predicted molar refractivity (Wildman–Crippen MR) is 80.8 cm³/mol. The van der Waals surface area contributed by atoms with Crippen molar-refractivity contribution in [3.63, 3.8) is 0 Å². The van der Waals surface area contributed by atoms with Crippen LogP contribution in [0, 0.1) is 13.8 Å². The molecule has 0 radical (unpaired) electrons. The summed E-state index contributed by atoms with van der Waals surface area (Å²) in [7, 11) is 0. The molecular weight excluding hydrogens is 268 g/mol. The van der Waals surface area contributed by atoms with Crippen molar-refractivity contribution >= 4 is 17.3 Å². The maximum absolute atomic E-state index is 12.3. The molecule has 6 nitrogen and oxygen atoms in total. The van der Waals surface area contributed by atoms with Gasteiger partial charge in [-0.3, -0.25) is 9.89 Å². The third-order valence-corrected chi connectivity index (χ3v) is 3.55. The summed E-state index contributed by atoms with van der Waals surface area (Å²) in [4.78, 5) is 14.3. The highest BCUT2D eigenvalue weighted by atomic mass is 16.5. The fraction of sp³-hybridized carbons (Fsp3) is 0.333. The molecule has 1 aromatic carbocycles. The van der Waals surface area contributed by atoms with Gasteiger partial charge in [0.2, 0.25) is 5.91 Å². The molecule has 2 N–H and O–H groups in total. The number of H-pyrrole nitrogens is 1. The highest BCUT2D eigenvalue weighted by Gasteiger charge is 2.20. The molecule has 0 fully saturated rings. The number of fused-ring (bicyclic) bond motifs is 1. The Morgan fingerprint density at radius 2 is 2.24 bits per heavy atom. The number of aryl methyl sites for hydroxylation is 2. The number of rotatable bonds is 3. The van der Waals surface area contributed by atoms with E-state index in [-0.39, 0.29) is 5.91 Å². The lowest BCUT2D eigenvalue weighted by Gasteiger charge is -2.30. The molecule has 6 heteroatoms. The maximum atomic E-state index is 12.3. The second-order valence-electron chi connectivity index (χ2n) is 5.09. The lowest BCUT2D eigenvalue weighted by Crippen LogP contribution is -2.38. The first kappa shape index (κ1) is 13.5. The molecule has 21 heavy (non-hydrogen) atoms. The SMILES string of the molecule is Cc1n[nH]c(C)c1NC(=O)CN1CCOc2ccccc21. The Labute approximate surface area is 123 Å². The second-order valence-corrected chi connectivity index (χ2v) is 5.09. The van der Waals surface area contributed by atoms with Crippen LogP contribution in [0.4, 0.5) is 11.4 Å². The number of ether oxygens (including phenoxy) is 1. The Hall–Kier alpha value is -2.50. The first-order valence-electron chi connectivity index (χ1n) is 6.93. The van der Waals surface area contributed by atoms with Crippen molar-refractivity contribution in [3.8, 4) is 5.75 Å². The molecule has 0 spiro atoms. The minimum absolute atomic E-state index is 0.0562. The van der Waals surface area contributed by atoms with Crippen molar-refractivity contribution in [2.45, 2.75) is 13.8 Å². The zero-order valence-corrected chi connectivity index (χ0v) is 12.1. The molecule has 0 saturated carbocycles. The third-order valence-electron chi connectivity index (χ3n) is 3.55. The summed E-state index contributed by atoms with van der Waals surface area (Å²) in [6.07, 6.45) is 0. The number of nitrogens with zero attached hydrogens (tertiary/aromatic N) is 2. The van der Waals surface area contributed by atoms with Gasteiger partial charge in [0.1, 0.15) is 12.4 Å². The van der Waals surface area contributed by atoms with E-state index in [1.165, 1.54) is 0 Å². The van der Waals surface area contributed by atoms with Gasteiger partial charge in [0.15, 0.2) is 0 Å². The fourth-order valence-electron chi connectivity index (χ4n) is 2.48. The standard InChI is InChI=1S/C15H18N4O2/c1-10-15(11(2)18-17-10)16-14(20)9-19-7-8-21-13-6-4-3-5-12(13)19/h3-6H,7-9H2,1-2H3,(H,16,20)(H,17,18). The summed E-state index contributed by atoms with van der Waals surface area (Å²) < 4.78 is 5.59. The van der Waals surface area contributed by atoms with Gasteiger partial charge >= 0.3 is 0 Å². The van der Waals surface area contributed by atoms with Gasteiger partial charge in [-0.2, -0.15) is 5.10 Å². The van der Waals surface area contributed by atoms with Crippen LogP contribution in [-0.4, -0.2) is 35.8 Å². The average molecular weight is 286 g/mol. The predicted octanol–water partition coefficient (Wildman–Crippen LogP) is 1.86. The number of aromatic nitrogens is 2. The second kappa shape index (κ2) is 5.47. The van der Waals surface area contributed by atoms with Crippen molar-refractivity contribution < 1.29 is 9.53 Å². The quantitative estimate of drug-likeness (QED) is 0.903. The minimum atomic E-state index is -0.0562. The van der Waals surface area contributed by atoms with Crippen LogP contribution < -0.4 is 15.0 Å². The van der Waals surface area contributed by atoms with Crippen LogP contribution in [0.3, 0.4) is 0 Å². The molecule has 1 aliphatic heterocycles. The van der Waals surface area contributed by atoms with Crippen molar-refractivity contribution in [2.75, 3.05) is 29.9 Å². The van der Waals surface area contributed by atoms with Crippen LogP contribution in [0.1, 0.15) is 11.4 Å². The summed E-state index contributed by atoms with van der Waals surface area (Å²) in [5.74, 6) is 0.770. The summed E-state index contributed by atoms with van der Waals surface area (Å²) in [6.45, 7) is 5.34. The minimum Gasteiger partial charge on any atom is -0.490 e. The van der Waals surface area contributed by atoms with Gasteiger partial charge in [-0.1, -0.05) is 12.1 Å². The number of amides is 1. The molecule has 3 rings (SSSR count). The topological polar surface area (TPSA) is 70.2 Å². The molecule has 0 unspecified atom stereocenters. The Morgan fingerprint density at radius 1 is 1.43 bits per heavy atom. The molecule has 1 aliphatic rings. The van der Waals surface area contributed by atoms with E-state index in [0.29, 0.717) is 19.7 Å². The van der Waals surface area contributed by atoms with Crippen molar-refractivity contribution in [1.29, 1.82) is 0 Å². The van der Waals surface area contributed by atoms with Gasteiger partial charge in [-0.25, -0.2) is 0 Å². The van der Waals surface area contributed by atoms with E-state index in [1.54, 1.807) is 0 Å². The van der Waals surface area contributed by atoms with Gasteiger partial charge in [0.25, 0.3) is 0 Å². The zero-order chi connectivity index (χ0) is 14.8. The number of nitrogens with one attached hydrogen (secondary N) is 2. The van der Waals surface area contributed by atoms with E-state index in [9.17, 15) is 4.79 Å². The highest BCUT2D eigenvalue weighted by Crippen LogP contribution is 2.30. The number of carbonyl (C=O) groups excluding carboxylic acids is 1. The largest absolute Gasteiger partial charge is 0.490 e. The Bertz CT molecular complexity index is 646. The molecule has 0 saturated heterocycles. The van der Waals surface area contributed by atoms with Gasteiger partial charge in [-0.15, -0.1) is 0 Å². The van der Waals surface area contributed by atoms with E-state index in [0.717, 1.165) is 28.5 Å². The van der Waals surface area contributed by atoms with Gasteiger partial charge in [-0.05, 0) is 26.0 Å². The molecule has 1 aromatic heterocycles. The first-order chi connectivity index (χ1) is 10.1.